The van der Waals surface area contributed by atoms with Gasteiger partial charge in [-0.3, -0.25) is 0 Å². The lowest BCUT2D eigenvalue weighted by Gasteiger charge is -2.20. The molecule has 0 amide bonds. The Balaban J connectivity index is 0.00000134. The van der Waals surface area contributed by atoms with Crippen LogP contribution in [0.1, 0.15) is 55.4 Å². The number of benzene rings is 2. The largest absolute Gasteiger partial charge is 0.400 e. The van der Waals surface area contributed by atoms with Crippen molar-refractivity contribution in [1.29, 1.82) is 0 Å². The molecule has 25 heavy (non-hydrogen) atoms. The normalized spacial score (nSPS) is 11.4. The van der Waals surface area contributed by atoms with Crippen molar-refractivity contribution in [2.45, 2.75) is 47.0 Å². The summed E-state index contributed by atoms with van der Waals surface area (Å²) in [5.41, 5.74) is 6.63. The Morgan fingerprint density at radius 2 is 1.36 bits per heavy atom. The second-order valence-electron chi connectivity index (χ2n) is 5.60. The van der Waals surface area contributed by atoms with Crippen LogP contribution in [0, 0.1) is 13.8 Å². The summed E-state index contributed by atoms with van der Waals surface area (Å²) in [6.07, 6.45) is 5.21. The minimum absolute atomic E-state index is 0.371. The molecule has 1 N–H and O–H groups in total. The molecule has 1 heteroatoms. The van der Waals surface area contributed by atoms with Gasteiger partial charge in [-0.15, -0.1) is 6.58 Å². The van der Waals surface area contributed by atoms with Gasteiger partial charge in [-0.2, -0.15) is 0 Å². The summed E-state index contributed by atoms with van der Waals surface area (Å²) in [6, 6.07) is 17.6. The number of aliphatic hydroxyl groups is 1. The predicted molar refractivity (Wildman–Crippen MR) is 113 cm³/mol. The number of aryl methyl sites for hydroxylation is 2. The van der Waals surface area contributed by atoms with Crippen molar-refractivity contribution in [1.82, 2.24) is 0 Å². The van der Waals surface area contributed by atoms with Gasteiger partial charge in [0.2, 0.25) is 0 Å². The van der Waals surface area contributed by atoms with Crippen LogP contribution in [-0.2, 0) is 0 Å². The van der Waals surface area contributed by atoms with Gasteiger partial charge in [0.05, 0.1) is 0 Å². The summed E-state index contributed by atoms with van der Waals surface area (Å²) >= 11 is 0. The number of allylic oxidation sites excluding steroid dienone is 3. The van der Waals surface area contributed by atoms with Crippen LogP contribution in [0.3, 0.4) is 0 Å². The van der Waals surface area contributed by atoms with Gasteiger partial charge in [0, 0.05) is 13.0 Å². The molecule has 136 valence electrons. The Morgan fingerprint density at radius 3 is 1.76 bits per heavy atom. The molecule has 0 radical (unpaired) electrons. The molecule has 0 spiro atoms. The standard InChI is InChI=1S/C21H24.C2H6.CH4O/c1-5-7-21(19-14-10-17(4)11-15-19)20(6-2)18-12-8-16(3)9-13-18;2*1-2/h5-6,8-15,21H,1,7H2,2-4H3;1-2H3;2H,1H3/b20-6-;;. The minimum Gasteiger partial charge on any atom is -0.400 e. The van der Waals surface area contributed by atoms with Crippen molar-refractivity contribution in [3.63, 3.8) is 0 Å². The van der Waals surface area contributed by atoms with Crippen molar-refractivity contribution >= 4 is 5.57 Å². The van der Waals surface area contributed by atoms with Gasteiger partial charge in [-0.05, 0) is 43.9 Å². The van der Waals surface area contributed by atoms with Crippen LogP contribution in [0.5, 0.6) is 0 Å². The number of hydrogen-bond acceptors (Lipinski definition) is 1. The monoisotopic (exact) mass is 338 g/mol. The molecule has 0 aliphatic heterocycles. The molecule has 0 aromatic heterocycles. The van der Waals surface area contributed by atoms with Crippen molar-refractivity contribution in [2.75, 3.05) is 7.11 Å². The zero-order valence-corrected chi connectivity index (χ0v) is 16.7. The molecular weight excluding hydrogens is 304 g/mol. The molecule has 2 aromatic rings. The van der Waals surface area contributed by atoms with Crippen molar-refractivity contribution in [2.24, 2.45) is 0 Å². The summed E-state index contributed by atoms with van der Waals surface area (Å²) in [6.45, 7) is 14.3. The Kier molecular flexibility index (Phi) is 12.1. The van der Waals surface area contributed by atoms with Crippen molar-refractivity contribution in [3.05, 3.63) is 89.5 Å². The quantitative estimate of drug-likeness (QED) is 0.601. The van der Waals surface area contributed by atoms with Crippen LogP contribution in [0.4, 0.5) is 0 Å². The highest BCUT2D eigenvalue weighted by Gasteiger charge is 2.16. The summed E-state index contributed by atoms with van der Waals surface area (Å²) < 4.78 is 0. The molecule has 1 unspecified atom stereocenters. The van der Waals surface area contributed by atoms with Crippen molar-refractivity contribution < 1.29 is 5.11 Å². The molecule has 0 heterocycles. The lowest BCUT2D eigenvalue weighted by Crippen LogP contribution is -2.02. The Bertz CT molecular complexity index is 618. The average molecular weight is 339 g/mol. The van der Waals surface area contributed by atoms with Crippen LogP contribution < -0.4 is 0 Å². The Morgan fingerprint density at radius 1 is 0.920 bits per heavy atom. The predicted octanol–water partition coefficient (Wildman–Crippen LogP) is 6.70. The maximum atomic E-state index is 7.00. The van der Waals surface area contributed by atoms with E-state index < -0.39 is 0 Å². The molecule has 1 atom stereocenters. The third kappa shape index (κ3) is 7.11. The number of aliphatic hydroxyl groups excluding tert-OH is 1. The van der Waals surface area contributed by atoms with Crippen molar-refractivity contribution in [3.8, 4) is 0 Å². The first-order chi connectivity index (χ1) is 12.2. The fourth-order valence-electron chi connectivity index (χ4n) is 2.72. The Hall–Kier alpha value is -2.12. The molecule has 1 nitrogen and oxygen atoms in total. The first-order valence-electron chi connectivity index (χ1n) is 9.01. The second kappa shape index (κ2) is 13.2. The van der Waals surface area contributed by atoms with Gasteiger partial charge in [-0.1, -0.05) is 85.7 Å². The molecule has 0 bridgehead atoms. The van der Waals surface area contributed by atoms with Crippen LogP contribution in [0.25, 0.3) is 5.57 Å². The van der Waals surface area contributed by atoms with E-state index in [1.165, 1.54) is 27.8 Å². The first-order valence-corrected chi connectivity index (χ1v) is 9.01. The lowest BCUT2D eigenvalue weighted by molar-refractivity contribution is 0.399. The molecule has 0 aliphatic carbocycles. The van der Waals surface area contributed by atoms with Crippen LogP contribution in [0.2, 0.25) is 0 Å². The fourth-order valence-corrected chi connectivity index (χ4v) is 2.72. The maximum absolute atomic E-state index is 7.00. The highest BCUT2D eigenvalue weighted by atomic mass is 16.2. The van der Waals surface area contributed by atoms with E-state index in [9.17, 15) is 0 Å². The average Bonchev–Trinajstić information content (AvgIpc) is 2.67. The highest BCUT2D eigenvalue weighted by molar-refractivity contribution is 5.71. The van der Waals surface area contributed by atoms with Gasteiger partial charge >= 0.3 is 0 Å². The SMILES string of the molecule is C=CCC(/C(=C\C)c1ccc(C)cc1)c1ccc(C)cc1.CC.CO. The van der Waals surface area contributed by atoms with Gasteiger partial charge in [0.1, 0.15) is 0 Å². The van der Waals surface area contributed by atoms with Crippen LogP contribution in [0.15, 0.2) is 67.3 Å². The van der Waals surface area contributed by atoms with E-state index >= 15 is 0 Å². The smallest absolute Gasteiger partial charge is 0.0319 e. The van der Waals surface area contributed by atoms with Crippen LogP contribution >= 0.6 is 0 Å². The summed E-state index contributed by atoms with van der Waals surface area (Å²) in [7, 11) is 1.00. The topological polar surface area (TPSA) is 20.2 Å². The number of hydrogen-bond donors (Lipinski definition) is 1. The first kappa shape index (κ1) is 22.9. The van der Waals surface area contributed by atoms with E-state index in [1.807, 2.05) is 19.9 Å². The number of rotatable bonds is 5. The maximum Gasteiger partial charge on any atom is 0.0319 e. The van der Waals surface area contributed by atoms with Gasteiger partial charge < -0.3 is 5.11 Å². The van der Waals surface area contributed by atoms with Gasteiger partial charge in [0.15, 0.2) is 0 Å². The molecular formula is C24H34O. The summed E-state index contributed by atoms with van der Waals surface area (Å²) in [5, 5.41) is 7.00. The molecule has 0 saturated carbocycles. The van der Waals surface area contributed by atoms with E-state index in [0.717, 1.165) is 13.5 Å². The minimum atomic E-state index is 0.371. The zero-order chi connectivity index (χ0) is 19.2. The van der Waals surface area contributed by atoms with E-state index in [4.69, 9.17) is 5.11 Å². The van der Waals surface area contributed by atoms with E-state index in [1.54, 1.807) is 0 Å². The van der Waals surface area contributed by atoms with E-state index in [2.05, 4.69) is 82.0 Å². The second-order valence-corrected chi connectivity index (χ2v) is 5.60. The highest BCUT2D eigenvalue weighted by Crippen LogP contribution is 2.35. The zero-order valence-electron chi connectivity index (χ0n) is 16.7. The molecule has 0 fully saturated rings. The molecule has 0 saturated heterocycles. The summed E-state index contributed by atoms with van der Waals surface area (Å²) in [4.78, 5) is 0. The third-order valence-corrected chi connectivity index (χ3v) is 3.95. The lowest BCUT2D eigenvalue weighted by atomic mass is 9.84. The molecule has 0 aliphatic rings. The third-order valence-electron chi connectivity index (χ3n) is 3.95. The Labute approximate surface area is 154 Å². The molecule has 2 aromatic carbocycles. The van der Waals surface area contributed by atoms with Gasteiger partial charge in [0.25, 0.3) is 0 Å². The van der Waals surface area contributed by atoms with E-state index in [-0.39, 0.29) is 0 Å². The van der Waals surface area contributed by atoms with E-state index in [0.29, 0.717) is 5.92 Å². The molecule has 2 rings (SSSR count). The van der Waals surface area contributed by atoms with Gasteiger partial charge in [-0.25, -0.2) is 0 Å². The fraction of sp³-hybridized carbons (Fsp3) is 0.333. The van der Waals surface area contributed by atoms with Crippen LogP contribution in [-0.4, -0.2) is 12.2 Å². The summed E-state index contributed by atoms with van der Waals surface area (Å²) in [5.74, 6) is 0.371.